The molecule has 108 valence electrons. The van der Waals surface area contributed by atoms with Crippen LogP contribution in [-0.2, 0) is 0 Å². The third kappa shape index (κ3) is 3.87. The van der Waals surface area contributed by atoms with E-state index in [-0.39, 0.29) is 6.04 Å². The first kappa shape index (κ1) is 14.7. The van der Waals surface area contributed by atoms with E-state index >= 15 is 0 Å². The second kappa shape index (κ2) is 7.14. The highest BCUT2D eigenvalue weighted by Crippen LogP contribution is 2.15. The molecule has 0 radical (unpaired) electrons. The van der Waals surface area contributed by atoms with Gasteiger partial charge in [0, 0.05) is 18.2 Å². The van der Waals surface area contributed by atoms with Crippen LogP contribution in [0.4, 0.5) is 0 Å². The fourth-order valence-electron chi connectivity index (χ4n) is 2.09. The molecular weight excluding hydrogens is 250 g/mol. The minimum absolute atomic E-state index is 0.257. The lowest BCUT2D eigenvalue weighted by atomic mass is 10.1. The largest absolute Gasteiger partial charge is 0.312 e. The fraction of sp³-hybridized carbons (Fsp3) is 0.533. The number of nitrogens with zero attached hydrogens (tertiary/aromatic N) is 4. The molecular formula is C15H23N5. The molecule has 0 aliphatic rings. The number of nitrogens with one attached hydrogen (secondary N) is 1. The van der Waals surface area contributed by atoms with Gasteiger partial charge in [-0.2, -0.15) is 4.80 Å². The number of aromatic nitrogens is 4. The number of tetrazole rings is 1. The maximum absolute atomic E-state index is 4.53. The summed E-state index contributed by atoms with van der Waals surface area (Å²) in [7, 11) is 0. The Morgan fingerprint density at radius 3 is 2.60 bits per heavy atom. The van der Waals surface area contributed by atoms with Crippen molar-refractivity contribution in [3.63, 3.8) is 0 Å². The first-order valence-corrected chi connectivity index (χ1v) is 7.29. The van der Waals surface area contributed by atoms with Crippen LogP contribution >= 0.6 is 0 Å². The molecule has 1 heterocycles. The second-order valence-electron chi connectivity index (χ2n) is 5.30. The van der Waals surface area contributed by atoms with E-state index in [1.165, 1.54) is 0 Å². The van der Waals surface area contributed by atoms with Crippen molar-refractivity contribution >= 4 is 0 Å². The Labute approximate surface area is 120 Å². The zero-order chi connectivity index (χ0) is 14.4. The van der Waals surface area contributed by atoms with Gasteiger partial charge < -0.3 is 5.32 Å². The highest BCUT2D eigenvalue weighted by atomic mass is 15.6. The third-order valence-electron chi connectivity index (χ3n) is 3.17. The van der Waals surface area contributed by atoms with Crippen LogP contribution in [0.2, 0.25) is 0 Å². The van der Waals surface area contributed by atoms with Gasteiger partial charge in [0.25, 0.3) is 0 Å². The van der Waals surface area contributed by atoms with Crippen molar-refractivity contribution in [3.8, 4) is 11.4 Å². The summed E-state index contributed by atoms with van der Waals surface area (Å²) in [6, 6.07) is 10.7. The number of rotatable bonds is 7. The summed E-state index contributed by atoms with van der Waals surface area (Å²) in [4.78, 5) is 1.75. The van der Waals surface area contributed by atoms with E-state index in [0.29, 0.717) is 11.9 Å². The van der Waals surface area contributed by atoms with E-state index in [1.54, 1.807) is 4.80 Å². The van der Waals surface area contributed by atoms with Gasteiger partial charge in [-0.15, -0.1) is 10.2 Å². The highest BCUT2D eigenvalue weighted by Gasteiger charge is 2.15. The van der Waals surface area contributed by atoms with Crippen LogP contribution < -0.4 is 5.32 Å². The molecule has 2 rings (SSSR count). The molecule has 5 heteroatoms. The molecule has 1 unspecified atom stereocenters. The zero-order valence-corrected chi connectivity index (χ0v) is 12.5. The quantitative estimate of drug-likeness (QED) is 0.842. The van der Waals surface area contributed by atoms with Crippen LogP contribution in [-0.4, -0.2) is 32.8 Å². The van der Waals surface area contributed by atoms with Crippen molar-refractivity contribution in [2.45, 2.75) is 45.7 Å². The van der Waals surface area contributed by atoms with Gasteiger partial charge in [0.15, 0.2) is 0 Å². The van der Waals surface area contributed by atoms with Crippen molar-refractivity contribution in [2.24, 2.45) is 0 Å². The van der Waals surface area contributed by atoms with Crippen LogP contribution in [0.15, 0.2) is 30.3 Å². The molecule has 2 aromatic rings. The molecule has 0 fully saturated rings. The molecule has 0 amide bonds. The lowest BCUT2D eigenvalue weighted by Crippen LogP contribution is -2.31. The Kier molecular flexibility index (Phi) is 5.24. The van der Waals surface area contributed by atoms with Crippen molar-refractivity contribution in [2.75, 3.05) is 6.54 Å². The fourth-order valence-corrected chi connectivity index (χ4v) is 2.09. The topological polar surface area (TPSA) is 55.6 Å². The molecule has 1 aromatic heterocycles. The SMILES string of the molecule is CCCC(CNC(C)C)n1nnc(-c2ccccc2)n1. The number of hydrogen-bond donors (Lipinski definition) is 1. The summed E-state index contributed by atoms with van der Waals surface area (Å²) >= 11 is 0. The minimum Gasteiger partial charge on any atom is -0.312 e. The van der Waals surface area contributed by atoms with Gasteiger partial charge in [0.05, 0.1) is 6.04 Å². The monoisotopic (exact) mass is 273 g/mol. The Hall–Kier alpha value is -1.75. The maximum Gasteiger partial charge on any atom is 0.204 e. The van der Waals surface area contributed by atoms with Gasteiger partial charge in [0.1, 0.15) is 0 Å². The van der Waals surface area contributed by atoms with Gasteiger partial charge in [-0.05, 0) is 11.6 Å². The Balaban J connectivity index is 2.12. The van der Waals surface area contributed by atoms with Crippen molar-refractivity contribution < 1.29 is 0 Å². The standard InChI is InChI=1S/C15H23N5/c1-4-8-14(11-16-12(2)3)20-18-15(17-19-20)13-9-6-5-7-10-13/h5-7,9-10,12,14,16H,4,8,11H2,1-3H3. The zero-order valence-electron chi connectivity index (χ0n) is 12.5. The van der Waals surface area contributed by atoms with Crippen LogP contribution in [0.5, 0.6) is 0 Å². The minimum atomic E-state index is 0.257. The molecule has 0 spiro atoms. The molecule has 20 heavy (non-hydrogen) atoms. The summed E-state index contributed by atoms with van der Waals surface area (Å²) in [5.74, 6) is 0.691. The average Bonchev–Trinajstić information content (AvgIpc) is 2.94. The molecule has 0 aliphatic carbocycles. The van der Waals surface area contributed by atoms with Crippen LogP contribution in [0.1, 0.15) is 39.7 Å². The van der Waals surface area contributed by atoms with E-state index < -0.39 is 0 Å². The van der Waals surface area contributed by atoms with Crippen LogP contribution in [0, 0.1) is 0 Å². The normalized spacial score (nSPS) is 12.8. The van der Waals surface area contributed by atoms with E-state index in [9.17, 15) is 0 Å². The van der Waals surface area contributed by atoms with E-state index in [4.69, 9.17) is 0 Å². The molecule has 0 saturated carbocycles. The summed E-state index contributed by atoms with van der Waals surface area (Å²) < 4.78 is 0. The summed E-state index contributed by atoms with van der Waals surface area (Å²) in [6.07, 6.45) is 2.15. The van der Waals surface area contributed by atoms with Gasteiger partial charge in [-0.3, -0.25) is 0 Å². The first-order valence-electron chi connectivity index (χ1n) is 7.29. The predicted molar refractivity (Wildman–Crippen MR) is 80.3 cm³/mol. The van der Waals surface area contributed by atoms with Gasteiger partial charge >= 0.3 is 0 Å². The predicted octanol–water partition coefficient (Wildman–Crippen LogP) is 2.68. The van der Waals surface area contributed by atoms with E-state index in [0.717, 1.165) is 24.9 Å². The Morgan fingerprint density at radius 1 is 1.20 bits per heavy atom. The van der Waals surface area contributed by atoms with Crippen LogP contribution in [0.25, 0.3) is 11.4 Å². The molecule has 1 atom stereocenters. The smallest absolute Gasteiger partial charge is 0.204 e. The van der Waals surface area contributed by atoms with Crippen molar-refractivity contribution in [1.82, 2.24) is 25.5 Å². The van der Waals surface area contributed by atoms with Crippen LogP contribution in [0.3, 0.4) is 0 Å². The molecule has 0 bridgehead atoms. The second-order valence-corrected chi connectivity index (χ2v) is 5.30. The van der Waals surface area contributed by atoms with Crippen molar-refractivity contribution in [3.05, 3.63) is 30.3 Å². The Morgan fingerprint density at radius 2 is 1.95 bits per heavy atom. The average molecular weight is 273 g/mol. The summed E-state index contributed by atoms with van der Waals surface area (Å²) in [5, 5.41) is 16.4. The van der Waals surface area contributed by atoms with Gasteiger partial charge in [-0.1, -0.05) is 57.5 Å². The lowest BCUT2D eigenvalue weighted by Gasteiger charge is -2.17. The van der Waals surface area contributed by atoms with Gasteiger partial charge in [-0.25, -0.2) is 0 Å². The lowest BCUT2D eigenvalue weighted by molar-refractivity contribution is 0.343. The number of benzene rings is 1. The molecule has 1 aromatic carbocycles. The van der Waals surface area contributed by atoms with Gasteiger partial charge in [0.2, 0.25) is 5.82 Å². The van der Waals surface area contributed by atoms with E-state index in [2.05, 4.69) is 41.5 Å². The Bertz CT molecular complexity index is 506. The van der Waals surface area contributed by atoms with Crippen molar-refractivity contribution in [1.29, 1.82) is 0 Å². The summed E-state index contributed by atoms with van der Waals surface area (Å²) in [5.41, 5.74) is 1.01. The summed E-state index contributed by atoms with van der Waals surface area (Å²) in [6.45, 7) is 7.34. The third-order valence-corrected chi connectivity index (χ3v) is 3.17. The molecule has 1 N–H and O–H groups in total. The maximum atomic E-state index is 4.53. The molecule has 5 nitrogen and oxygen atoms in total. The first-order chi connectivity index (χ1) is 9.70. The highest BCUT2D eigenvalue weighted by molar-refractivity contribution is 5.52. The molecule has 0 aliphatic heterocycles. The van der Waals surface area contributed by atoms with E-state index in [1.807, 2.05) is 30.3 Å². The number of hydrogen-bond acceptors (Lipinski definition) is 4. The molecule has 0 saturated heterocycles.